The van der Waals surface area contributed by atoms with Crippen molar-refractivity contribution in [2.75, 3.05) is 5.73 Å². The van der Waals surface area contributed by atoms with E-state index in [0.717, 1.165) is 29.0 Å². The summed E-state index contributed by atoms with van der Waals surface area (Å²) in [7, 11) is 0. The molecule has 0 aliphatic heterocycles. The van der Waals surface area contributed by atoms with Gasteiger partial charge in [0.1, 0.15) is 11.6 Å². The zero-order chi connectivity index (χ0) is 18.0. The van der Waals surface area contributed by atoms with Crippen molar-refractivity contribution >= 4 is 34.0 Å². The van der Waals surface area contributed by atoms with Crippen LogP contribution in [0.1, 0.15) is 15.9 Å². The highest BCUT2D eigenvalue weighted by atomic mass is 35.5. The first-order chi connectivity index (χ1) is 11.9. The lowest BCUT2D eigenvalue weighted by Crippen LogP contribution is -2.23. The molecule has 2 aromatic carbocycles. The first kappa shape index (κ1) is 17.2. The number of phenolic OH excluding ortho intramolecular Hbond substituents is 1. The van der Waals surface area contributed by atoms with Crippen LogP contribution in [-0.4, -0.2) is 16.0 Å². The minimum absolute atomic E-state index is 0.212. The van der Waals surface area contributed by atoms with Crippen molar-refractivity contribution in [2.45, 2.75) is 6.54 Å². The molecule has 1 amide bonds. The number of halogens is 2. The molecule has 5 nitrogen and oxygen atoms in total. The van der Waals surface area contributed by atoms with Gasteiger partial charge in [-0.1, -0.05) is 35.1 Å². The van der Waals surface area contributed by atoms with E-state index in [1.807, 2.05) is 0 Å². The first-order valence-corrected chi connectivity index (χ1v) is 8.40. The number of nitrogen functional groups attached to an aromatic ring is 1. The van der Waals surface area contributed by atoms with Crippen LogP contribution >= 0.6 is 22.9 Å². The third-order valence-corrected chi connectivity index (χ3v) is 4.60. The monoisotopic (exact) mass is 377 g/mol. The minimum atomic E-state index is -0.742. The second-order valence-electron chi connectivity index (χ2n) is 5.22. The Bertz CT molecular complexity index is 928. The van der Waals surface area contributed by atoms with E-state index < -0.39 is 11.7 Å². The lowest BCUT2D eigenvalue weighted by molar-refractivity contribution is 0.0946. The number of amides is 1. The number of benzene rings is 2. The Morgan fingerprint density at radius 1 is 1.32 bits per heavy atom. The largest absolute Gasteiger partial charge is 0.507 e. The van der Waals surface area contributed by atoms with Crippen molar-refractivity contribution in [2.24, 2.45) is 0 Å². The summed E-state index contributed by atoms with van der Waals surface area (Å²) in [6.07, 6.45) is 1.44. The van der Waals surface area contributed by atoms with Gasteiger partial charge >= 0.3 is 0 Å². The lowest BCUT2D eigenvalue weighted by Gasteiger charge is -2.09. The minimum Gasteiger partial charge on any atom is -0.507 e. The number of hydrogen-bond acceptors (Lipinski definition) is 5. The number of nitrogens with two attached hydrogens (primary N) is 1. The Morgan fingerprint density at radius 2 is 2.04 bits per heavy atom. The Labute approximate surface area is 151 Å². The van der Waals surface area contributed by atoms with Gasteiger partial charge < -0.3 is 16.2 Å². The van der Waals surface area contributed by atoms with Gasteiger partial charge in [-0.25, -0.2) is 9.37 Å². The van der Waals surface area contributed by atoms with E-state index in [2.05, 4.69) is 10.3 Å². The standard InChI is InChI=1S/C17H13ClFN3O2S/c18-10-3-1-9(2-4-10)7-21-16(24)11-6-14(23)12(5-13(11)19)15-8-22-17(20)25-15/h1-6,8,23H,7H2,(H2,20,22)(H,21,24). The second-order valence-corrected chi connectivity index (χ2v) is 6.72. The predicted molar refractivity (Wildman–Crippen MR) is 96.2 cm³/mol. The summed E-state index contributed by atoms with van der Waals surface area (Å²) in [6.45, 7) is 0.212. The fourth-order valence-corrected chi connectivity index (χ4v) is 3.06. The van der Waals surface area contributed by atoms with E-state index in [1.165, 1.54) is 6.20 Å². The maximum absolute atomic E-state index is 14.3. The molecule has 0 radical (unpaired) electrons. The smallest absolute Gasteiger partial charge is 0.254 e. The fraction of sp³-hybridized carbons (Fsp3) is 0.0588. The Kier molecular flexibility index (Phi) is 4.87. The molecule has 128 valence electrons. The fourth-order valence-electron chi connectivity index (χ4n) is 2.23. The molecule has 0 aliphatic carbocycles. The maximum Gasteiger partial charge on any atom is 0.254 e. The predicted octanol–water partition coefficient (Wildman–Crippen LogP) is 3.82. The third kappa shape index (κ3) is 3.89. The first-order valence-electron chi connectivity index (χ1n) is 7.21. The van der Waals surface area contributed by atoms with Crippen LogP contribution < -0.4 is 11.1 Å². The average molecular weight is 378 g/mol. The van der Waals surface area contributed by atoms with E-state index >= 15 is 0 Å². The molecule has 1 heterocycles. The number of phenols is 1. The van der Waals surface area contributed by atoms with Gasteiger partial charge in [0, 0.05) is 23.3 Å². The summed E-state index contributed by atoms with van der Waals surface area (Å²) in [5.41, 5.74) is 6.36. The number of rotatable bonds is 4. The molecule has 25 heavy (non-hydrogen) atoms. The molecule has 0 aliphatic rings. The SMILES string of the molecule is Nc1ncc(-c2cc(F)c(C(=O)NCc3ccc(Cl)cc3)cc2O)s1. The third-order valence-electron chi connectivity index (χ3n) is 3.49. The van der Waals surface area contributed by atoms with Crippen molar-refractivity contribution in [1.82, 2.24) is 10.3 Å². The molecule has 0 spiro atoms. The van der Waals surface area contributed by atoms with Crippen molar-refractivity contribution in [3.05, 3.63) is 64.6 Å². The molecule has 0 unspecified atom stereocenters. The molecule has 0 saturated carbocycles. The van der Waals surface area contributed by atoms with Gasteiger partial charge in [0.05, 0.1) is 10.4 Å². The number of nitrogens with one attached hydrogen (secondary N) is 1. The van der Waals surface area contributed by atoms with Gasteiger partial charge in [-0.05, 0) is 29.8 Å². The normalized spacial score (nSPS) is 10.6. The Morgan fingerprint density at radius 3 is 2.68 bits per heavy atom. The van der Waals surface area contributed by atoms with Gasteiger partial charge in [0.2, 0.25) is 0 Å². The molecule has 0 fully saturated rings. The summed E-state index contributed by atoms with van der Waals surface area (Å²) in [6, 6.07) is 9.11. The summed E-state index contributed by atoms with van der Waals surface area (Å²) >= 11 is 6.91. The average Bonchev–Trinajstić information content (AvgIpc) is 3.02. The van der Waals surface area contributed by atoms with Gasteiger partial charge in [-0.3, -0.25) is 4.79 Å². The van der Waals surface area contributed by atoms with Crippen molar-refractivity contribution in [1.29, 1.82) is 0 Å². The number of aromatic nitrogens is 1. The van der Waals surface area contributed by atoms with Gasteiger partial charge in [-0.15, -0.1) is 0 Å². The number of carbonyl (C=O) groups is 1. The molecular weight excluding hydrogens is 365 g/mol. The van der Waals surface area contributed by atoms with E-state index in [4.69, 9.17) is 17.3 Å². The highest BCUT2D eigenvalue weighted by Crippen LogP contribution is 2.35. The van der Waals surface area contributed by atoms with Crippen LogP contribution in [0.15, 0.2) is 42.6 Å². The van der Waals surface area contributed by atoms with Crippen LogP contribution in [0.4, 0.5) is 9.52 Å². The summed E-state index contributed by atoms with van der Waals surface area (Å²) < 4.78 is 14.3. The molecule has 1 aromatic heterocycles. The van der Waals surface area contributed by atoms with E-state index in [1.54, 1.807) is 24.3 Å². The van der Waals surface area contributed by atoms with E-state index in [9.17, 15) is 14.3 Å². The number of carbonyl (C=O) groups excluding carboxylic acids is 1. The van der Waals surface area contributed by atoms with Crippen LogP contribution in [0.2, 0.25) is 5.02 Å². The van der Waals surface area contributed by atoms with Gasteiger partial charge in [0.25, 0.3) is 5.91 Å². The van der Waals surface area contributed by atoms with Gasteiger partial charge in [-0.2, -0.15) is 0 Å². The quantitative estimate of drug-likeness (QED) is 0.645. The molecule has 0 atom stereocenters. The molecule has 3 rings (SSSR count). The number of nitrogens with zero attached hydrogens (tertiary/aromatic N) is 1. The highest BCUT2D eigenvalue weighted by Gasteiger charge is 2.17. The van der Waals surface area contributed by atoms with Crippen molar-refractivity contribution < 1.29 is 14.3 Å². The van der Waals surface area contributed by atoms with Crippen LogP contribution in [0.25, 0.3) is 10.4 Å². The summed E-state index contributed by atoms with van der Waals surface area (Å²) in [5, 5.41) is 13.6. The molecule has 4 N–H and O–H groups in total. The second kappa shape index (κ2) is 7.08. The number of anilines is 1. The van der Waals surface area contributed by atoms with Crippen LogP contribution in [-0.2, 0) is 6.54 Å². The van der Waals surface area contributed by atoms with Crippen LogP contribution in [0.5, 0.6) is 5.75 Å². The van der Waals surface area contributed by atoms with E-state index in [0.29, 0.717) is 15.0 Å². The summed E-state index contributed by atoms with van der Waals surface area (Å²) in [5.74, 6) is -1.59. The van der Waals surface area contributed by atoms with Crippen molar-refractivity contribution in [3.8, 4) is 16.2 Å². The zero-order valence-electron chi connectivity index (χ0n) is 12.8. The molecule has 0 saturated heterocycles. The van der Waals surface area contributed by atoms with E-state index in [-0.39, 0.29) is 23.4 Å². The molecule has 0 bridgehead atoms. The molecule has 3 aromatic rings. The van der Waals surface area contributed by atoms with Gasteiger partial charge in [0.15, 0.2) is 5.13 Å². The number of thiazole rings is 1. The van der Waals surface area contributed by atoms with Crippen molar-refractivity contribution in [3.63, 3.8) is 0 Å². The molecular formula is C17H13ClFN3O2S. The zero-order valence-corrected chi connectivity index (χ0v) is 14.4. The number of hydrogen-bond donors (Lipinski definition) is 3. The maximum atomic E-state index is 14.3. The highest BCUT2D eigenvalue weighted by molar-refractivity contribution is 7.18. The Hall–Kier alpha value is -2.64. The Balaban J connectivity index is 1.78. The van der Waals surface area contributed by atoms with Crippen LogP contribution in [0.3, 0.4) is 0 Å². The topological polar surface area (TPSA) is 88.2 Å². The molecule has 8 heteroatoms. The number of aromatic hydroxyl groups is 1. The lowest BCUT2D eigenvalue weighted by atomic mass is 10.1. The summed E-state index contributed by atoms with van der Waals surface area (Å²) in [4.78, 5) is 16.6. The van der Waals surface area contributed by atoms with Crippen LogP contribution in [0, 0.1) is 5.82 Å².